The molecule has 3 aromatic rings. The molecule has 0 amide bonds. The fourth-order valence-corrected chi connectivity index (χ4v) is 2.83. The minimum Gasteiger partial charge on any atom is -0.271 e. The Morgan fingerprint density at radius 3 is 2.86 bits per heavy atom. The average Bonchev–Trinajstić information content (AvgIpc) is 2.52. The molecular formula is C16H15BrN4. The van der Waals surface area contributed by atoms with Gasteiger partial charge in [0.15, 0.2) is 0 Å². The first-order valence-corrected chi connectivity index (χ1v) is 7.46. The van der Waals surface area contributed by atoms with Crippen LogP contribution in [-0.4, -0.2) is 9.97 Å². The molecule has 2 heterocycles. The van der Waals surface area contributed by atoms with Gasteiger partial charge in [0.25, 0.3) is 0 Å². The van der Waals surface area contributed by atoms with Crippen LogP contribution in [0.5, 0.6) is 0 Å². The number of fused-ring (bicyclic) bond motifs is 1. The molecule has 0 saturated heterocycles. The van der Waals surface area contributed by atoms with Gasteiger partial charge < -0.3 is 0 Å². The highest BCUT2D eigenvalue weighted by Crippen LogP contribution is 2.24. The molecule has 21 heavy (non-hydrogen) atoms. The van der Waals surface area contributed by atoms with Crippen molar-refractivity contribution >= 4 is 26.8 Å². The van der Waals surface area contributed by atoms with Crippen molar-refractivity contribution in [3.8, 4) is 0 Å². The van der Waals surface area contributed by atoms with Crippen LogP contribution in [0.1, 0.15) is 17.2 Å². The molecule has 0 saturated carbocycles. The van der Waals surface area contributed by atoms with Crippen molar-refractivity contribution in [3.05, 3.63) is 70.6 Å². The largest absolute Gasteiger partial charge is 0.271 e. The van der Waals surface area contributed by atoms with Crippen molar-refractivity contribution < 1.29 is 0 Å². The van der Waals surface area contributed by atoms with E-state index in [1.165, 1.54) is 5.56 Å². The number of nitrogens with one attached hydrogen (secondary N) is 1. The van der Waals surface area contributed by atoms with Crippen LogP contribution in [0.15, 0.2) is 59.5 Å². The minimum absolute atomic E-state index is 0.000746. The molecule has 0 bridgehead atoms. The second-order valence-corrected chi connectivity index (χ2v) is 5.76. The van der Waals surface area contributed by atoms with Gasteiger partial charge >= 0.3 is 0 Å². The number of rotatable bonds is 4. The van der Waals surface area contributed by atoms with E-state index in [4.69, 9.17) is 5.84 Å². The van der Waals surface area contributed by atoms with Crippen molar-refractivity contribution in [1.29, 1.82) is 0 Å². The topological polar surface area (TPSA) is 63.8 Å². The number of pyridine rings is 2. The molecular weight excluding hydrogens is 328 g/mol. The summed E-state index contributed by atoms with van der Waals surface area (Å²) in [6.45, 7) is 0. The number of benzene rings is 1. The lowest BCUT2D eigenvalue weighted by Crippen LogP contribution is -2.29. The average molecular weight is 343 g/mol. The summed E-state index contributed by atoms with van der Waals surface area (Å²) in [7, 11) is 0. The van der Waals surface area contributed by atoms with E-state index in [-0.39, 0.29) is 6.04 Å². The minimum atomic E-state index is 0.000746. The highest BCUT2D eigenvalue weighted by Gasteiger charge is 2.13. The Kier molecular flexibility index (Phi) is 4.24. The van der Waals surface area contributed by atoms with Crippen molar-refractivity contribution in [3.63, 3.8) is 0 Å². The van der Waals surface area contributed by atoms with E-state index in [2.05, 4.69) is 37.4 Å². The maximum atomic E-state index is 5.74. The first-order valence-electron chi connectivity index (χ1n) is 6.67. The Bertz CT molecular complexity index is 755. The van der Waals surface area contributed by atoms with Crippen LogP contribution in [0.3, 0.4) is 0 Å². The third-order valence-electron chi connectivity index (χ3n) is 3.49. The molecule has 0 spiro atoms. The zero-order chi connectivity index (χ0) is 14.7. The monoisotopic (exact) mass is 342 g/mol. The van der Waals surface area contributed by atoms with Crippen LogP contribution in [0.25, 0.3) is 10.9 Å². The third-order valence-corrected chi connectivity index (χ3v) is 3.93. The van der Waals surface area contributed by atoms with E-state index >= 15 is 0 Å². The van der Waals surface area contributed by atoms with E-state index in [1.54, 1.807) is 6.20 Å². The molecule has 0 aliphatic heterocycles. The van der Waals surface area contributed by atoms with E-state index < -0.39 is 0 Å². The molecule has 0 aliphatic rings. The first-order chi connectivity index (χ1) is 10.3. The van der Waals surface area contributed by atoms with Crippen LogP contribution in [0, 0.1) is 0 Å². The number of para-hydroxylation sites is 1. The quantitative estimate of drug-likeness (QED) is 0.564. The summed E-state index contributed by atoms with van der Waals surface area (Å²) in [5.74, 6) is 5.74. The number of hydrogen-bond donors (Lipinski definition) is 2. The molecule has 2 aromatic heterocycles. The Balaban J connectivity index is 1.96. The van der Waals surface area contributed by atoms with Crippen LogP contribution >= 0.6 is 15.9 Å². The second-order valence-electron chi connectivity index (χ2n) is 4.85. The van der Waals surface area contributed by atoms with Gasteiger partial charge in [-0.2, -0.15) is 0 Å². The predicted octanol–water partition coefficient (Wildman–Crippen LogP) is 3.14. The van der Waals surface area contributed by atoms with Crippen molar-refractivity contribution in [2.24, 2.45) is 5.84 Å². The Labute approximate surface area is 131 Å². The lowest BCUT2D eigenvalue weighted by molar-refractivity contribution is 0.551. The third kappa shape index (κ3) is 3.10. The lowest BCUT2D eigenvalue weighted by Gasteiger charge is -2.17. The van der Waals surface area contributed by atoms with Crippen molar-refractivity contribution in [1.82, 2.24) is 15.4 Å². The van der Waals surface area contributed by atoms with Crippen LogP contribution in [0.4, 0.5) is 0 Å². The van der Waals surface area contributed by atoms with Gasteiger partial charge in [0, 0.05) is 28.4 Å². The summed E-state index contributed by atoms with van der Waals surface area (Å²) < 4.78 is 0.944. The number of hydrazine groups is 1. The van der Waals surface area contributed by atoms with E-state index in [1.807, 2.05) is 42.7 Å². The van der Waals surface area contributed by atoms with Crippen LogP contribution < -0.4 is 11.3 Å². The predicted molar refractivity (Wildman–Crippen MR) is 87.4 cm³/mol. The number of aromatic nitrogens is 2. The molecule has 4 nitrogen and oxygen atoms in total. The first kappa shape index (κ1) is 14.1. The number of nitrogens with two attached hydrogens (primary N) is 1. The molecule has 3 N–H and O–H groups in total. The number of nitrogens with zero attached hydrogens (tertiary/aromatic N) is 2. The second kappa shape index (κ2) is 6.30. The fourth-order valence-electron chi connectivity index (χ4n) is 2.44. The molecule has 0 aliphatic carbocycles. The maximum Gasteiger partial charge on any atom is 0.0704 e. The summed E-state index contributed by atoms with van der Waals surface area (Å²) >= 11 is 3.44. The van der Waals surface area contributed by atoms with Crippen LogP contribution in [-0.2, 0) is 6.42 Å². The number of halogens is 1. The summed E-state index contributed by atoms with van der Waals surface area (Å²) in [4.78, 5) is 8.59. The fraction of sp³-hybridized carbons (Fsp3) is 0.125. The van der Waals surface area contributed by atoms with Gasteiger partial charge in [0.1, 0.15) is 0 Å². The van der Waals surface area contributed by atoms with Crippen molar-refractivity contribution in [2.45, 2.75) is 12.5 Å². The summed E-state index contributed by atoms with van der Waals surface area (Å²) in [5, 5.41) is 1.16. The van der Waals surface area contributed by atoms with Crippen molar-refractivity contribution in [2.75, 3.05) is 0 Å². The van der Waals surface area contributed by atoms with Gasteiger partial charge in [-0.05, 0) is 51.7 Å². The zero-order valence-corrected chi connectivity index (χ0v) is 12.9. The molecule has 1 aromatic carbocycles. The molecule has 3 rings (SSSR count). The summed E-state index contributed by atoms with van der Waals surface area (Å²) in [6.07, 6.45) is 6.21. The smallest absolute Gasteiger partial charge is 0.0704 e. The SMILES string of the molecule is NNC(Cc1ccnc2ccccc12)c1cncc(Br)c1. The Morgan fingerprint density at radius 1 is 1.19 bits per heavy atom. The van der Waals surface area contributed by atoms with E-state index in [9.17, 15) is 0 Å². The molecule has 106 valence electrons. The van der Waals surface area contributed by atoms with Gasteiger partial charge in [-0.25, -0.2) is 0 Å². The number of hydrogen-bond acceptors (Lipinski definition) is 4. The lowest BCUT2D eigenvalue weighted by atomic mass is 9.98. The molecule has 5 heteroatoms. The summed E-state index contributed by atoms with van der Waals surface area (Å²) in [5.41, 5.74) is 6.14. The Morgan fingerprint density at radius 2 is 2.05 bits per heavy atom. The van der Waals surface area contributed by atoms with Gasteiger partial charge in [-0.15, -0.1) is 0 Å². The Hall–Kier alpha value is -1.82. The summed E-state index contributed by atoms with van der Waals surface area (Å²) in [6, 6.07) is 12.2. The molecule has 0 radical (unpaired) electrons. The molecule has 0 fully saturated rings. The van der Waals surface area contributed by atoms with E-state index in [0.717, 1.165) is 27.4 Å². The molecule has 1 unspecified atom stereocenters. The maximum absolute atomic E-state index is 5.74. The highest BCUT2D eigenvalue weighted by molar-refractivity contribution is 9.10. The van der Waals surface area contributed by atoms with Gasteiger partial charge in [-0.3, -0.25) is 21.2 Å². The molecule has 1 atom stereocenters. The normalized spacial score (nSPS) is 12.5. The standard InChI is InChI=1S/C16H15BrN4/c17-13-7-12(9-19-10-13)16(21-18)8-11-5-6-20-15-4-2-1-3-14(11)15/h1-7,9-10,16,21H,8,18H2. The van der Waals surface area contributed by atoms with Gasteiger partial charge in [0.2, 0.25) is 0 Å². The zero-order valence-electron chi connectivity index (χ0n) is 11.3. The van der Waals surface area contributed by atoms with E-state index in [0.29, 0.717) is 0 Å². The highest BCUT2D eigenvalue weighted by atomic mass is 79.9. The van der Waals surface area contributed by atoms with Crippen LogP contribution in [0.2, 0.25) is 0 Å². The van der Waals surface area contributed by atoms with Gasteiger partial charge in [-0.1, -0.05) is 18.2 Å². The van der Waals surface area contributed by atoms with Gasteiger partial charge in [0.05, 0.1) is 11.6 Å².